The van der Waals surface area contributed by atoms with Crippen LogP contribution in [0.5, 0.6) is 17.2 Å². The highest BCUT2D eigenvalue weighted by atomic mass is 32.2. The van der Waals surface area contributed by atoms with E-state index in [1.165, 1.54) is 26.4 Å². The minimum Gasteiger partial charge on any atom is -0.502 e. The summed E-state index contributed by atoms with van der Waals surface area (Å²) < 4.78 is 41.5. The van der Waals surface area contributed by atoms with Crippen molar-refractivity contribution in [2.75, 3.05) is 14.2 Å². The molecule has 0 bridgehead atoms. The Labute approximate surface area is 106 Å². The molecular weight excluding hydrogens is 260 g/mol. The summed E-state index contributed by atoms with van der Waals surface area (Å²) in [6.45, 7) is 1.63. The molecule has 102 valence electrons. The summed E-state index contributed by atoms with van der Waals surface area (Å²) in [5, 5.41) is 8.63. The highest BCUT2D eigenvalue weighted by Crippen LogP contribution is 2.40. The van der Waals surface area contributed by atoms with E-state index in [-0.39, 0.29) is 23.7 Å². The molecule has 0 saturated heterocycles. The van der Waals surface area contributed by atoms with Gasteiger partial charge in [-0.25, -0.2) is 0 Å². The molecule has 0 heterocycles. The van der Waals surface area contributed by atoms with Crippen LogP contribution in [0.3, 0.4) is 0 Å². The molecule has 0 radical (unpaired) electrons. The maximum absolute atomic E-state index is 11.3. The molecular formula is C11H16O6S. The van der Waals surface area contributed by atoms with E-state index in [0.29, 0.717) is 5.56 Å². The molecule has 0 aromatic heterocycles. The second-order valence-electron chi connectivity index (χ2n) is 3.69. The van der Waals surface area contributed by atoms with Crippen LogP contribution >= 0.6 is 0 Å². The smallest absolute Gasteiger partial charge is 0.271 e. The van der Waals surface area contributed by atoms with E-state index in [1.54, 1.807) is 6.92 Å². The third-order valence-electron chi connectivity index (χ3n) is 2.60. The molecule has 6 nitrogen and oxygen atoms in total. The fourth-order valence-electron chi connectivity index (χ4n) is 1.72. The van der Waals surface area contributed by atoms with Gasteiger partial charge in [0.2, 0.25) is 5.75 Å². The quantitative estimate of drug-likeness (QED) is 0.796. The highest BCUT2D eigenvalue weighted by molar-refractivity contribution is 7.86. The van der Waals surface area contributed by atoms with Crippen LogP contribution in [0.1, 0.15) is 24.2 Å². The Morgan fingerprint density at radius 1 is 1.22 bits per heavy atom. The minimum absolute atomic E-state index is 0.0893. The zero-order valence-electron chi connectivity index (χ0n) is 10.4. The fourth-order valence-corrected chi connectivity index (χ4v) is 2.62. The van der Waals surface area contributed by atoms with Crippen molar-refractivity contribution in [3.05, 3.63) is 17.7 Å². The first kappa shape index (κ1) is 14.6. The first-order valence-corrected chi connectivity index (χ1v) is 6.76. The lowest BCUT2D eigenvalue weighted by Gasteiger charge is -2.16. The van der Waals surface area contributed by atoms with E-state index in [9.17, 15) is 13.5 Å². The molecule has 0 aliphatic rings. The molecule has 0 fully saturated rings. The van der Waals surface area contributed by atoms with Crippen LogP contribution in [-0.4, -0.2) is 32.3 Å². The van der Waals surface area contributed by atoms with Gasteiger partial charge in [-0.2, -0.15) is 8.42 Å². The van der Waals surface area contributed by atoms with Crippen molar-refractivity contribution in [1.29, 1.82) is 0 Å². The van der Waals surface area contributed by atoms with Crippen LogP contribution in [0.25, 0.3) is 0 Å². The lowest BCUT2D eigenvalue weighted by molar-refractivity contribution is 0.339. The van der Waals surface area contributed by atoms with Crippen molar-refractivity contribution in [3.63, 3.8) is 0 Å². The predicted octanol–water partition coefficient (Wildman–Crippen LogP) is 1.75. The number of phenolic OH excluding ortho intramolecular Hbond substituents is 1. The molecule has 1 atom stereocenters. The minimum atomic E-state index is -4.22. The Morgan fingerprint density at radius 2 is 1.67 bits per heavy atom. The fraction of sp³-hybridized carbons (Fsp3) is 0.455. The average molecular weight is 276 g/mol. The Balaban J connectivity index is 3.41. The zero-order valence-corrected chi connectivity index (χ0v) is 11.2. The summed E-state index contributed by atoms with van der Waals surface area (Å²) in [7, 11) is -1.54. The van der Waals surface area contributed by atoms with Crippen LogP contribution in [0, 0.1) is 0 Å². The van der Waals surface area contributed by atoms with Gasteiger partial charge >= 0.3 is 0 Å². The topological polar surface area (TPSA) is 93.1 Å². The van der Waals surface area contributed by atoms with Crippen LogP contribution in [0.4, 0.5) is 0 Å². The number of hydrogen-bond acceptors (Lipinski definition) is 5. The number of aromatic hydroxyl groups is 1. The monoisotopic (exact) mass is 276 g/mol. The zero-order chi connectivity index (χ0) is 13.9. The Kier molecular flexibility index (Phi) is 4.42. The van der Waals surface area contributed by atoms with E-state index in [1.807, 2.05) is 0 Å². The molecule has 1 aromatic carbocycles. The van der Waals surface area contributed by atoms with Gasteiger partial charge in [-0.05, 0) is 24.1 Å². The van der Waals surface area contributed by atoms with E-state index in [0.717, 1.165) is 0 Å². The molecule has 0 amide bonds. The summed E-state index contributed by atoms with van der Waals surface area (Å²) in [6.07, 6.45) is 0.190. The Bertz CT molecular complexity index is 497. The average Bonchev–Trinajstić information content (AvgIpc) is 2.29. The molecule has 18 heavy (non-hydrogen) atoms. The van der Waals surface area contributed by atoms with Gasteiger partial charge in [0.1, 0.15) is 5.25 Å². The van der Waals surface area contributed by atoms with Crippen LogP contribution in [0.2, 0.25) is 0 Å². The first-order chi connectivity index (χ1) is 8.35. The second-order valence-corrected chi connectivity index (χ2v) is 5.28. The summed E-state index contributed by atoms with van der Waals surface area (Å²) in [5.74, 6) is -0.0353. The molecule has 1 aromatic rings. The van der Waals surface area contributed by atoms with Gasteiger partial charge in [0, 0.05) is 0 Å². The summed E-state index contributed by atoms with van der Waals surface area (Å²) in [4.78, 5) is 0. The van der Waals surface area contributed by atoms with Crippen molar-refractivity contribution in [2.45, 2.75) is 18.6 Å². The number of benzene rings is 1. The lowest BCUT2D eigenvalue weighted by atomic mass is 10.1. The van der Waals surface area contributed by atoms with Crippen LogP contribution in [-0.2, 0) is 10.1 Å². The number of methoxy groups -OCH3 is 2. The van der Waals surface area contributed by atoms with Gasteiger partial charge in [0.05, 0.1) is 14.2 Å². The maximum atomic E-state index is 11.3. The third-order valence-corrected chi connectivity index (χ3v) is 3.93. The largest absolute Gasteiger partial charge is 0.502 e. The molecule has 0 aliphatic carbocycles. The number of phenols is 1. The SMILES string of the molecule is CCC(c1cc(OC)c(O)c(OC)c1)S(=O)(=O)O. The Hall–Kier alpha value is -1.47. The lowest BCUT2D eigenvalue weighted by Crippen LogP contribution is -2.11. The van der Waals surface area contributed by atoms with Gasteiger partial charge < -0.3 is 14.6 Å². The normalized spacial score (nSPS) is 13.1. The van der Waals surface area contributed by atoms with Crippen molar-refractivity contribution in [1.82, 2.24) is 0 Å². The van der Waals surface area contributed by atoms with Crippen molar-refractivity contribution >= 4 is 10.1 Å². The van der Waals surface area contributed by atoms with Crippen molar-refractivity contribution < 1.29 is 27.6 Å². The van der Waals surface area contributed by atoms with Crippen LogP contribution in [0.15, 0.2) is 12.1 Å². The highest BCUT2D eigenvalue weighted by Gasteiger charge is 2.25. The van der Waals surface area contributed by atoms with Gasteiger partial charge in [-0.1, -0.05) is 6.92 Å². The molecule has 1 unspecified atom stereocenters. The van der Waals surface area contributed by atoms with Gasteiger partial charge in [-0.15, -0.1) is 0 Å². The number of hydrogen-bond donors (Lipinski definition) is 2. The van der Waals surface area contributed by atoms with E-state index >= 15 is 0 Å². The van der Waals surface area contributed by atoms with Crippen molar-refractivity contribution in [2.24, 2.45) is 0 Å². The van der Waals surface area contributed by atoms with Gasteiger partial charge in [0.15, 0.2) is 11.5 Å². The summed E-state index contributed by atoms with van der Waals surface area (Å²) >= 11 is 0. The van der Waals surface area contributed by atoms with Gasteiger partial charge in [0.25, 0.3) is 10.1 Å². The van der Waals surface area contributed by atoms with E-state index in [2.05, 4.69) is 0 Å². The molecule has 7 heteroatoms. The standard InChI is InChI=1S/C11H16O6S/c1-4-10(18(13,14)15)7-5-8(16-2)11(12)9(6-7)17-3/h5-6,10,12H,4H2,1-3H3,(H,13,14,15). The second kappa shape index (κ2) is 5.45. The number of ether oxygens (including phenoxy) is 2. The van der Waals surface area contributed by atoms with E-state index in [4.69, 9.17) is 14.0 Å². The summed E-state index contributed by atoms with van der Waals surface area (Å²) in [6, 6.07) is 2.72. The third kappa shape index (κ3) is 2.85. The predicted molar refractivity (Wildman–Crippen MR) is 65.8 cm³/mol. The molecule has 0 aliphatic heterocycles. The van der Waals surface area contributed by atoms with Crippen molar-refractivity contribution in [3.8, 4) is 17.2 Å². The first-order valence-electron chi connectivity index (χ1n) is 5.26. The number of rotatable bonds is 5. The Morgan fingerprint density at radius 3 is 1.94 bits per heavy atom. The molecule has 0 saturated carbocycles. The molecule has 1 rings (SSSR count). The molecule has 2 N–H and O–H groups in total. The van der Waals surface area contributed by atoms with Crippen LogP contribution < -0.4 is 9.47 Å². The van der Waals surface area contributed by atoms with E-state index < -0.39 is 15.4 Å². The maximum Gasteiger partial charge on any atom is 0.271 e. The van der Waals surface area contributed by atoms with Gasteiger partial charge in [-0.3, -0.25) is 4.55 Å². The summed E-state index contributed by atoms with van der Waals surface area (Å²) in [5.41, 5.74) is 0.298. The molecule has 0 spiro atoms.